The summed E-state index contributed by atoms with van der Waals surface area (Å²) >= 11 is 0. The zero-order valence-corrected chi connectivity index (χ0v) is 16.4. The first-order valence-corrected chi connectivity index (χ1v) is 9.91. The van der Waals surface area contributed by atoms with Gasteiger partial charge in [-0.1, -0.05) is 54.6 Å². The predicted molar refractivity (Wildman–Crippen MR) is 116 cm³/mol. The van der Waals surface area contributed by atoms with Crippen molar-refractivity contribution in [3.05, 3.63) is 101 Å². The Bertz CT molecular complexity index is 1210. The third kappa shape index (κ3) is 3.51. The summed E-state index contributed by atoms with van der Waals surface area (Å²) in [4.78, 5) is 17.9. The van der Waals surface area contributed by atoms with Crippen molar-refractivity contribution in [2.24, 2.45) is 5.73 Å². The number of ether oxygens (including phenoxy) is 1. The van der Waals surface area contributed by atoms with Gasteiger partial charge in [-0.3, -0.25) is 9.69 Å². The van der Waals surface area contributed by atoms with Crippen LogP contribution in [0.5, 0.6) is 11.6 Å². The van der Waals surface area contributed by atoms with Crippen LogP contribution in [0.2, 0.25) is 0 Å². The van der Waals surface area contributed by atoms with Gasteiger partial charge in [-0.2, -0.15) is 0 Å². The van der Waals surface area contributed by atoms with Gasteiger partial charge in [-0.15, -0.1) is 0 Å². The standard InChI is InChI=1S/C25H21N3O2/c26-25(29)17-10-12-24(27-13-17)30-23-11-9-20(21-7-3-4-8-22(21)23)16-28-14-18-5-1-2-6-19(18)15-28/h1-13H,14-16H2,(H2,26,29). The molecule has 0 unspecified atom stereocenters. The highest BCUT2D eigenvalue weighted by Crippen LogP contribution is 2.33. The topological polar surface area (TPSA) is 68.5 Å². The largest absolute Gasteiger partial charge is 0.438 e. The lowest BCUT2D eigenvalue weighted by Gasteiger charge is -2.18. The molecule has 30 heavy (non-hydrogen) atoms. The van der Waals surface area contributed by atoms with E-state index in [4.69, 9.17) is 10.5 Å². The van der Waals surface area contributed by atoms with Gasteiger partial charge in [0.2, 0.25) is 11.8 Å². The molecule has 2 N–H and O–H groups in total. The van der Waals surface area contributed by atoms with Gasteiger partial charge in [0.1, 0.15) is 5.75 Å². The Morgan fingerprint density at radius 3 is 2.27 bits per heavy atom. The third-order valence-corrected chi connectivity index (χ3v) is 5.51. The lowest BCUT2D eigenvalue weighted by atomic mass is 10.0. The van der Waals surface area contributed by atoms with Crippen molar-refractivity contribution in [2.45, 2.75) is 19.6 Å². The fraction of sp³-hybridized carbons (Fsp3) is 0.120. The van der Waals surface area contributed by atoms with Crippen molar-refractivity contribution < 1.29 is 9.53 Å². The zero-order valence-electron chi connectivity index (χ0n) is 16.4. The molecule has 3 aromatic carbocycles. The number of amides is 1. The van der Waals surface area contributed by atoms with E-state index >= 15 is 0 Å². The maximum atomic E-state index is 11.2. The number of nitrogens with two attached hydrogens (primary N) is 1. The third-order valence-electron chi connectivity index (χ3n) is 5.51. The number of rotatable bonds is 5. The minimum Gasteiger partial charge on any atom is -0.438 e. The van der Waals surface area contributed by atoms with Crippen LogP contribution in [0.1, 0.15) is 27.0 Å². The molecule has 0 saturated carbocycles. The highest BCUT2D eigenvalue weighted by molar-refractivity contribution is 5.92. The van der Waals surface area contributed by atoms with Crippen molar-refractivity contribution in [3.8, 4) is 11.6 Å². The number of primary amides is 1. The number of fused-ring (bicyclic) bond motifs is 2. The number of aromatic nitrogens is 1. The summed E-state index contributed by atoms with van der Waals surface area (Å²) in [6, 6.07) is 24.3. The average molecular weight is 395 g/mol. The molecular weight excluding hydrogens is 374 g/mol. The maximum Gasteiger partial charge on any atom is 0.250 e. The lowest BCUT2D eigenvalue weighted by Crippen LogP contribution is -2.15. The highest BCUT2D eigenvalue weighted by Gasteiger charge is 2.19. The van der Waals surface area contributed by atoms with Gasteiger partial charge in [0.05, 0.1) is 5.56 Å². The maximum absolute atomic E-state index is 11.2. The van der Waals surface area contributed by atoms with Crippen LogP contribution in [0.4, 0.5) is 0 Å². The van der Waals surface area contributed by atoms with Gasteiger partial charge < -0.3 is 10.5 Å². The molecule has 0 aliphatic carbocycles. The molecule has 0 saturated heterocycles. The van der Waals surface area contributed by atoms with E-state index in [1.807, 2.05) is 18.2 Å². The van der Waals surface area contributed by atoms with Crippen LogP contribution in [-0.2, 0) is 19.6 Å². The first-order valence-electron chi connectivity index (χ1n) is 9.91. The Morgan fingerprint density at radius 1 is 0.900 bits per heavy atom. The summed E-state index contributed by atoms with van der Waals surface area (Å²) in [6.45, 7) is 2.82. The molecule has 0 atom stereocenters. The average Bonchev–Trinajstić information content (AvgIpc) is 3.18. The van der Waals surface area contributed by atoms with Crippen molar-refractivity contribution in [3.63, 3.8) is 0 Å². The minimum absolute atomic E-state index is 0.356. The SMILES string of the molecule is NC(=O)c1ccc(Oc2ccc(CN3Cc4ccccc4C3)c3ccccc23)nc1. The van der Waals surface area contributed by atoms with Crippen LogP contribution in [0, 0.1) is 0 Å². The molecule has 0 radical (unpaired) electrons. The van der Waals surface area contributed by atoms with E-state index in [0.717, 1.165) is 30.8 Å². The smallest absolute Gasteiger partial charge is 0.250 e. The second kappa shape index (κ2) is 7.61. The summed E-state index contributed by atoms with van der Waals surface area (Å²) in [5.41, 5.74) is 9.72. The quantitative estimate of drug-likeness (QED) is 0.534. The Hall–Kier alpha value is -3.70. The molecule has 5 rings (SSSR count). The van der Waals surface area contributed by atoms with Gasteiger partial charge >= 0.3 is 0 Å². The van der Waals surface area contributed by atoms with Crippen molar-refractivity contribution in [1.29, 1.82) is 0 Å². The zero-order chi connectivity index (χ0) is 20.5. The number of pyridine rings is 1. The van der Waals surface area contributed by atoms with Crippen LogP contribution >= 0.6 is 0 Å². The van der Waals surface area contributed by atoms with Gasteiger partial charge in [0.15, 0.2) is 0 Å². The second-order valence-corrected chi connectivity index (χ2v) is 7.53. The Morgan fingerprint density at radius 2 is 1.60 bits per heavy atom. The molecule has 4 aromatic rings. The lowest BCUT2D eigenvalue weighted by molar-refractivity contribution is 0.1000. The summed E-state index contributed by atoms with van der Waals surface area (Å²) in [5.74, 6) is 0.652. The Balaban J connectivity index is 1.42. The van der Waals surface area contributed by atoms with Crippen LogP contribution < -0.4 is 10.5 Å². The fourth-order valence-corrected chi connectivity index (χ4v) is 4.02. The van der Waals surface area contributed by atoms with E-state index in [2.05, 4.69) is 52.3 Å². The van der Waals surface area contributed by atoms with E-state index in [0.29, 0.717) is 11.4 Å². The first kappa shape index (κ1) is 18.3. The summed E-state index contributed by atoms with van der Waals surface area (Å²) in [7, 11) is 0. The van der Waals surface area contributed by atoms with Gasteiger partial charge in [-0.05, 0) is 34.2 Å². The van der Waals surface area contributed by atoms with Crippen molar-refractivity contribution in [1.82, 2.24) is 9.88 Å². The highest BCUT2D eigenvalue weighted by atomic mass is 16.5. The van der Waals surface area contributed by atoms with E-state index < -0.39 is 5.91 Å². The molecule has 0 spiro atoms. The number of carbonyl (C=O) groups is 1. The Labute approximate surface area is 174 Å². The van der Waals surface area contributed by atoms with Crippen LogP contribution in [-0.4, -0.2) is 15.8 Å². The molecular formula is C25H21N3O2. The minimum atomic E-state index is -0.507. The summed E-state index contributed by atoms with van der Waals surface area (Å²) in [5, 5.41) is 2.20. The molecule has 1 aliphatic heterocycles. The molecule has 0 fully saturated rings. The number of hydrogen-bond donors (Lipinski definition) is 1. The van der Waals surface area contributed by atoms with E-state index in [9.17, 15) is 4.79 Å². The molecule has 5 nitrogen and oxygen atoms in total. The second-order valence-electron chi connectivity index (χ2n) is 7.53. The molecule has 1 amide bonds. The van der Waals surface area contributed by atoms with Crippen molar-refractivity contribution in [2.75, 3.05) is 0 Å². The van der Waals surface area contributed by atoms with Gasteiger partial charge in [0, 0.05) is 37.3 Å². The fourth-order valence-electron chi connectivity index (χ4n) is 4.02. The van der Waals surface area contributed by atoms with Gasteiger partial charge in [0.25, 0.3) is 0 Å². The van der Waals surface area contributed by atoms with Crippen LogP contribution in [0.3, 0.4) is 0 Å². The molecule has 5 heteroatoms. The van der Waals surface area contributed by atoms with Crippen LogP contribution in [0.15, 0.2) is 79.0 Å². The number of benzene rings is 3. The predicted octanol–water partition coefficient (Wildman–Crippen LogP) is 4.64. The van der Waals surface area contributed by atoms with Gasteiger partial charge in [-0.25, -0.2) is 4.98 Å². The first-order chi connectivity index (χ1) is 14.7. The Kier molecular flexibility index (Phi) is 4.65. The van der Waals surface area contributed by atoms with Crippen molar-refractivity contribution >= 4 is 16.7 Å². The number of carbonyl (C=O) groups excluding carboxylic acids is 1. The van der Waals surface area contributed by atoms with Crippen LogP contribution in [0.25, 0.3) is 10.8 Å². The summed E-state index contributed by atoms with van der Waals surface area (Å²) < 4.78 is 6.03. The molecule has 2 heterocycles. The molecule has 0 bridgehead atoms. The molecule has 148 valence electrons. The van der Waals surface area contributed by atoms with E-state index in [-0.39, 0.29) is 0 Å². The van der Waals surface area contributed by atoms with E-state index in [1.165, 1.54) is 28.3 Å². The number of hydrogen-bond acceptors (Lipinski definition) is 4. The molecule has 1 aliphatic rings. The summed E-state index contributed by atoms with van der Waals surface area (Å²) in [6.07, 6.45) is 1.43. The normalized spacial score (nSPS) is 13.3. The van der Waals surface area contributed by atoms with E-state index in [1.54, 1.807) is 12.1 Å². The number of nitrogens with zero attached hydrogens (tertiary/aromatic N) is 2. The molecule has 1 aromatic heterocycles. The monoisotopic (exact) mass is 395 g/mol.